The van der Waals surface area contributed by atoms with Gasteiger partial charge in [0.15, 0.2) is 5.02 Å². The normalized spacial score (nSPS) is 20.5. The lowest BCUT2D eigenvalue weighted by atomic mass is 9.71. The molecule has 2 aromatic rings. The van der Waals surface area contributed by atoms with Crippen LogP contribution in [-0.4, -0.2) is 11.0 Å². The van der Waals surface area contributed by atoms with Crippen molar-refractivity contribution in [2.24, 2.45) is 11.3 Å². The number of nitrogens with zero attached hydrogens (tertiary/aromatic N) is 2. The molecule has 1 N–H and O–H groups in total. The fourth-order valence-electron chi connectivity index (χ4n) is 4.19. The zero-order valence-corrected chi connectivity index (χ0v) is 17.9. The summed E-state index contributed by atoms with van der Waals surface area (Å²) in [6.07, 6.45) is 7.77. The quantitative estimate of drug-likeness (QED) is 0.672. The van der Waals surface area contributed by atoms with Gasteiger partial charge in [-0.2, -0.15) is 0 Å². The molecule has 1 aromatic heterocycles. The van der Waals surface area contributed by atoms with Crippen molar-refractivity contribution in [1.82, 2.24) is 4.98 Å². The molecule has 0 radical (unpaired) electrons. The predicted octanol–water partition coefficient (Wildman–Crippen LogP) is 5.65. The Morgan fingerprint density at radius 2 is 1.78 bits per heavy atom. The zero-order chi connectivity index (χ0) is 19.4. The van der Waals surface area contributed by atoms with E-state index >= 15 is 0 Å². The molecule has 146 valence electrons. The number of rotatable bonds is 5. The Hall–Kier alpha value is -1.61. The molecule has 0 saturated heterocycles. The molecular formula is C23H33ClN3+. The van der Waals surface area contributed by atoms with Crippen molar-refractivity contribution in [3.05, 3.63) is 52.9 Å². The maximum absolute atomic E-state index is 6.75. The minimum atomic E-state index is 0.409. The SMILES string of the molecule is CCc1c(Cl)c(NC2CCC(C(C)(C)C)CC2)nc[n+]1Cc1ccccc1. The summed E-state index contributed by atoms with van der Waals surface area (Å²) in [7, 11) is 0. The number of benzene rings is 1. The molecule has 0 unspecified atom stereocenters. The third kappa shape index (κ3) is 5.01. The van der Waals surface area contributed by atoms with Gasteiger partial charge in [0.2, 0.25) is 0 Å². The fourth-order valence-corrected chi connectivity index (χ4v) is 4.53. The predicted molar refractivity (Wildman–Crippen MR) is 113 cm³/mol. The van der Waals surface area contributed by atoms with E-state index in [-0.39, 0.29) is 0 Å². The first kappa shape index (κ1) is 20.1. The second-order valence-corrected chi connectivity index (χ2v) is 9.26. The van der Waals surface area contributed by atoms with Gasteiger partial charge < -0.3 is 5.32 Å². The Morgan fingerprint density at radius 1 is 1.11 bits per heavy atom. The van der Waals surface area contributed by atoms with E-state index in [1.165, 1.54) is 31.2 Å². The maximum Gasteiger partial charge on any atom is 0.289 e. The third-order valence-corrected chi connectivity index (χ3v) is 6.35. The largest absolute Gasteiger partial charge is 0.345 e. The van der Waals surface area contributed by atoms with Crippen LogP contribution < -0.4 is 9.88 Å². The number of aromatic nitrogens is 2. The van der Waals surface area contributed by atoms with E-state index in [1.54, 1.807) is 0 Å². The summed E-state index contributed by atoms with van der Waals surface area (Å²) in [4.78, 5) is 4.66. The molecule has 0 bridgehead atoms. The minimum Gasteiger partial charge on any atom is -0.345 e. The molecule has 1 aliphatic rings. The lowest BCUT2D eigenvalue weighted by Gasteiger charge is -2.37. The monoisotopic (exact) mass is 386 g/mol. The van der Waals surface area contributed by atoms with Crippen molar-refractivity contribution in [3.8, 4) is 0 Å². The molecule has 1 aliphatic carbocycles. The molecule has 0 spiro atoms. The van der Waals surface area contributed by atoms with Gasteiger partial charge in [0.05, 0.1) is 0 Å². The summed E-state index contributed by atoms with van der Waals surface area (Å²) in [5.74, 6) is 1.66. The van der Waals surface area contributed by atoms with Crippen LogP contribution in [0.1, 0.15) is 64.6 Å². The van der Waals surface area contributed by atoms with Gasteiger partial charge in [-0.05, 0) is 47.6 Å². The number of hydrogen-bond acceptors (Lipinski definition) is 2. The molecule has 0 atom stereocenters. The molecule has 1 saturated carbocycles. The van der Waals surface area contributed by atoms with Gasteiger partial charge in [0, 0.05) is 12.5 Å². The molecule has 3 rings (SSSR count). The molecule has 1 fully saturated rings. The molecule has 3 nitrogen and oxygen atoms in total. The highest BCUT2D eigenvalue weighted by molar-refractivity contribution is 6.33. The van der Waals surface area contributed by atoms with Crippen molar-refractivity contribution in [2.45, 2.75) is 72.4 Å². The van der Waals surface area contributed by atoms with Crippen LogP contribution in [0, 0.1) is 11.3 Å². The molecule has 27 heavy (non-hydrogen) atoms. The zero-order valence-electron chi connectivity index (χ0n) is 17.1. The summed E-state index contributed by atoms with van der Waals surface area (Å²) in [6, 6.07) is 10.9. The van der Waals surface area contributed by atoms with Crippen molar-refractivity contribution in [3.63, 3.8) is 0 Å². The summed E-state index contributed by atoms with van der Waals surface area (Å²) < 4.78 is 2.17. The van der Waals surface area contributed by atoms with Gasteiger partial charge in [-0.3, -0.25) is 0 Å². The van der Waals surface area contributed by atoms with Crippen LogP contribution in [0.3, 0.4) is 0 Å². The lowest BCUT2D eigenvalue weighted by Crippen LogP contribution is -2.40. The van der Waals surface area contributed by atoms with Crippen LogP contribution in [0.5, 0.6) is 0 Å². The highest BCUT2D eigenvalue weighted by Crippen LogP contribution is 2.38. The topological polar surface area (TPSA) is 28.8 Å². The van der Waals surface area contributed by atoms with Crippen molar-refractivity contribution >= 4 is 17.4 Å². The Labute approximate surface area is 169 Å². The van der Waals surface area contributed by atoms with Crippen LogP contribution in [0.4, 0.5) is 5.82 Å². The lowest BCUT2D eigenvalue weighted by molar-refractivity contribution is -0.698. The van der Waals surface area contributed by atoms with E-state index in [0.29, 0.717) is 11.5 Å². The summed E-state index contributed by atoms with van der Waals surface area (Å²) in [6.45, 7) is 10.0. The highest BCUT2D eigenvalue weighted by Gasteiger charge is 2.31. The van der Waals surface area contributed by atoms with E-state index in [0.717, 1.165) is 35.4 Å². The van der Waals surface area contributed by atoms with E-state index < -0.39 is 0 Å². The first-order chi connectivity index (χ1) is 12.9. The first-order valence-corrected chi connectivity index (χ1v) is 10.6. The highest BCUT2D eigenvalue weighted by atomic mass is 35.5. The average Bonchev–Trinajstić information content (AvgIpc) is 2.65. The first-order valence-electron chi connectivity index (χ1n) is 10.3. The van der Waals surface area contributed by atoms with Crippen LogP contribution >= 0.6 is 11.6 Å². The van der Waals surface area contributed by atoms with E-state index in [1.807, 2.05) is 12.4 Å². The Morgan fingerprint density at radius 3 is 2.37 bits per heavy atom. The molecule has 1 aromatic carbocycles. The van der Waals surface area contributed by atoms with Gasteiger partial charge in [0.25, 0.3) is 12.1 Å². The Bertz CT molecular complexity index is 744. The van der Waals surface area contributed by atoms with Gasteiger partial charge in [-0.25, -0.2) is 4.57 Å². The van der Waals surface area contributed by atoms with E-state index in [2.05, 4.69) is 66.8 Å². The summed E-state index contributed by atoms with van der Waals surface area (Å²) >= 11 is 6.75. The van der Waals surface area contributed by atoms with E-state index in [9.17, 15) is 0 Å². The fraction of sp³-hybridized carbons (Fsp3) is 0.565. The number of halogens is 1. The summed E-state index contributed by atoms with van der Waals surface area (Å²) in [5, 5.41) is 4.40. The van der Waals surface area contributed by atoms with Crippen molar-refractivity contribution in [2.75, 3.05) is 5.32 Å². The Kier molecular flexibility index (Phi) is 6.41. The van der Waals surface area contributed by atoms with Crippen molar-refractivity contribution in [1.29, 1.82) is 0 Å². The van der Waals surface area contributed by atoms with Crippen LogP contribution in [0.15, 0.2) is 36.7 Å². The van der Waals surface area contributed by atoms with Crippen LogP contribution in [-0.2, 0) is 13.0 Å². The number of nitrogens with one attached hydrogen (secondary N) is 1. The molecule has 1 heterocycles. The van der Waals surface area contributed by atoms with Gasteiger partial charge >= 0.3 is 0 Å². The van der Waals surface area contributed by atoms with Crippen molar-refractivity contribution < 1.29 is 4.57 Å². The van der Waals surface area contributed by atoms with Gasteiger partial charge in [-0.15, -0.1) is 0 Å². The number of hydrogen-bond donors (Lipinski definition) is 1. The van der Waals surface area contributed by atoms with Crippen LogP contribution in [0.25, 0.3) is 0 Å². The summed E-state index contributed by atoms with van der Waals surface area (Å²) in [5.41, 5.74) is 2.81. The average molecular weight is 387 g/mol. The Balaban J connectivity index is 1.70. The molecule has 4 heteroatoms. The van der Waals surface area contributed by atoms with E-state index in [4.69, 9.17) is 11.6 Å². The van der Waals surface area contributed by atoms with Gasteiger partial charge in [-0.1, -0.05) is 69.6 Å². The molecular weight excluding hydrogens is 354 g/mol. The second kappa shape index (κ2) is 8.60. The van der Waals surface area contributed by atoms with Gasteiger partial charge in [0.1, 0.15) is 12.2 Å². The third-order valence-electron chi connectivity index (χ3n) is 5.96. The number of anilines is 1. The smallest absolute Gasteiger partial charge is 0.289 e. The maximum atomic E-state index is 6.75. The second-order valence-electron chi connectivity index (χ2n) is 8.88. The minimum absolute atomic E-state index is 0.409. The molecule has 0 amide bonds. The van der Waals surface area contributed by atoms with Crippen LogP contribution in [0.2, 0.25) is 5.02 Å². The molecule has 0 aliphatic heterocycles. The standard InChI is InChI=1S/C23H32ClN3/c1-5-20-21(24)22(25-16-27(20)15-17-9-7-6-8-10-17)26-19-13-11-18(12-14-19)23(2,3)4/h6-10,16,18-19H,5,11-15H2,1-4H3/p+1.